The highest BCUT2D eigenvalue weighted by Gasteiger charge is 2.26. The number of hydrogen-bond acceptors (Lipinski definition) is 7. The van der Waals surface area contributed by atoms with E-state index in [-0.39, 0.29) is 18.4 Å². The van der Waals surface area contributed by atoms with Crippen molar-refractivity contribution in [3.05, 3.63) is 11.7 Å². The lowest BCUT2D eigenvalue weighted by molar-refractivity contribution is 0.0717. The number of rotatable bonds is 6. The van der Waals surface area contributed by atoms with E-state index < -0.39 is 11.5 Å². The van der Waals surface area contributed by atoms with Crippen LogP contribution in [-0.4, -0.2) is 51.9 Å². The standard InChI is InChI=1S/C12H20N4O3S/c1-12(18,7-20-2)6-14-10(17)9-15-11(19-16-9)8-4-3-5-13-8/h8,13,18H,3-7H2,1-2H3,(H,14,17). The van der Waals surface area contributed by atoms with Crippen molar-refractivity contribution in [2.75, 3.05) is 25.1 Å². The summed E-state index contributed by atoms with van der Waals surface area (Å²) in [7, 11) is 0. The van der Waals surface area contributed by atoms with Crippen LogP contribution in [0, 0.1) is 0 Å². The van der Waals surface area contributed by atoms with Gasteiger partial charge in [0.2, 0.25) is 5.89 Å². The molecule has 8 heteroatoms. The quantitative estimate of drug-likeness (QED) is 0.696. The van der Waals surface area contributed by atoms with Crippen LogP contribution in [0.5, 0.6) is 0 Å². The van der Waals surface area contributed by atoms with Crippen LogP contribution in [0.4, 0.5) is 0 Å². The van der Waals surface area contributed by atoms with Gasteiger partial charge in [-0.15, -0.1) is 0 Å². The highest BCUT2D eigenvalue weighted by Crippen LogP contribution is 2.21. The Balaban J connectivity index is 1.89. The molecule has 1 aliphatic rings. The zero-order valence-corrected chi connectivity index (χ0v) is 12.5. The predicted molar refractivity (Wildman–Crippen MR) is 75.6 cm³/mol. The van der Waals surface area contributed by atoms with Crippen molar-refractivity contribution in [1.29, 1.82) is 0 Å². The second-order valence-electron chi connectivity index (χ2n) is 5.22. The smallest absolute Gasteiger partial charge is 0.292 e. The van der Waals surface area contributed by atoms with Gasteiger partial charge in [-0.1, -0.05) is 5.16 Å². The first-order valence-corrected chi connectivity index (χ1v) is 7.98. The fourth-order valence-electron chi connectivity index (χ4n) is 2.08. The van der Waals surface area contributed by atoms with Crippen molar-refractivity contribution in [2.24, 2.45) is 0 Å². The van der Waals surface area contributed by atoms with E-state index in [1.165, 1.54) is 11.8 Å². The predicted octanol–water partition coefficient (Wildman–Crippen LogP) is 0.338. The van der Waals surface area contributed by atoms with Crippen LogP contribution in [0.25, 0.3) is 0 Å². The molecule has 2 unspecified atom stereocenters. The van der Waals surface area contributed by atoms with Gasteiger partial charge in [0, 0.05) is 12.3 Å². The Kier molecular flexibility index (Phi) is 5.00. The molecule has 1 amide bonds. The third-order valence-corrected chi connectivity index (χ3v) is 4.00. The Bertz CT molecular complexity index is 457. The molecular formula is C12H20N4O3S. The van der Waals surface area contributed by atoms with Gasteiger partial charge < -0.3 is 20.3 Å². The number of amides is 1. The van der Waals surface area contributed by atoms with Gasteiger partial charge in [-0.2, -0.15) is 16.7 Å². The first kappa shape index (κ1) is 15.3. The van der Waals surface area contributed by atoms with Crippen molar-refractivity contribution in [2.45, 2.75) is 31.4 Å². The average molecular weight is 300 g/mol. The van der Waals surface area contributed by atoms with E-state index in [0.717, 1.165) is 19.4 Å². The van der Waals surface area contributed by atoms with E-state index in [2.05, 4.69) is 20.8 Å². The van der Waals surface area contributed by atoms with Crippen molar-refractivity contribution >= 4 is 17.7 Å². The first-order chi connectivity index (χ1) is 9.52. The number of aromatic nitrogens is 2. The molecular weight excluding hydrogens is 280 g/mol. The third-order valence-electron chi connectivity index (χ3n) is 3.09. The molecule has 7 nitrogen and oxygen atoms in total. The van der Waals surface area contributed by atoms with E-state index in [4.69, 9.17) is 4.52 Å². The normalized spacial score (nSPS) is 21.6. The lowest BCUT2D eigenvalue weighted by Gasteiger charge is -2.21. The van der Waals surface area contributed by atoms with Gasteiger partial charge in [-0.3, -0.25) is 4.79 Å². The van der Waals surface area contributed by atoms with Crippen LogP contribution in [0.15, 0.2) is 4.52 Å². The minimum Gasteiger partial charge on any atom is -0.387 e. The molecule has 3 N–H and O–H groups in total. The Hall–Kier alpha value is -1.12. The van der Waals surface area contributed by atoms with Gasteiger partial charge in [-0.05, 0) is 32.6 Å². The molecule has 2 rings (SSSR count). The Labute approximate surface area is 121 Å². The Morgan fingerprint density at radius 3 is 3.15 bits per heavy atom. The molecule has 1 aromatic heterocycles. The van der Waals surface area contributed by atoms with Crippen molar-refractivity contribution < 1.29 is 14.4 Å². The number of hydrogen-bond donors (Lipinski definition) is 3. The van der Waals surface area contributed by atoms with Crippen LogP contribution in [-0.2, 0) is 0 Å². The van der Waals surface area contributed by atoms with E-state index in [0.29, 0.717) is 11.6 Å². The molecule has 20 heavy (non-hydrogen) atoms. The molecule has 0 aromatic carbocycles. The first-order valence-electron chi connectivity index (χ1n) is 6.58. The topological polar surface area (TPSA) is 100 Å². The number of carbonyl (C=O) groups is 1. The molecule has 0 radical (unpaired) electrons. The van der Waals surface area contributed by atoms with Gasteiger partial charge >= 0.3 is 0 Å². The summed E-state index contributed by atoms with van der Waals surface area (Å²) in [5.41, 5.74) is -0.950. The van der Waals surface area contributed by atoms with Gasteiger partial charge in [-0.25, -0.2) is 0 Å². The van der Waals surface area contributed by atoms with E-state index >= 15 is 0 Å². The van der Waals surface area contributed by atoms with Crippen LogP contribution in [0.2, 0.25) is 0 Å². The lowest BCUT2D eigenvalue weighted by Crippen LogP contribution is -2.42. The minimum atomic E-state index is -0.950. The monoisotopic (exact) mass is 300 g/mol. The van der Waals surface area contributed by atoms with Crippen LogP contribution in [0.1, 0.15) is 42.3 Å². The number of nitrogens with zero attached hydrogens (tertiary/aromatic N) is 2. The zero-order chi connectivity index (χ0) is 14.6. The molecule has 0 aliphatic carbocycles. The number of thioether (sulfide) groups is 1. The highest BCUT2D eigenvalue weighted by molar-refractivity contribution is 7.98. The minimum absolute atomic E-state index is 0.00801. The maximum absolute atomic E-state index is 11.9. The van der Waals surface area contributed by atoms with E-state index in [1.807, 2.05) is 6.26 Å². The summed E-state index contributed by atoms with van der Waals surface area (Å²) in [4.78, 5) is 16.0. The maximum atomic E-state index is 11.9. The summed E-state index contributed by atoms with van der Waals surface area (Å²) in [5.74, 6) is 0.563. The summed E-state index contributed by atoms with van der Waals surface area (Å²) >= 11 is 1.52. The van der Waals surface area contributed by atoms with Gasteiger partial charge in [0.15, 0.2) is 0 Å². The maximum Gasteiger partial charge on any atom is 0.292 e. The van der Waals surface area contributed by atoms with Gasteiger partial charge in [0.25, 0.3) is 11.7 Å². The molecule has 1 aromatic rings. The molecule has 0 saturated carbocycles. The molecule has 0 spiro atoms. The number of nitrogens with one attached hydrogen (secondary N) is 2. The van der Waals surface area contributed by atoms with Crippen LogP contribution < -0.4 is 10.6 Å². The second-order valence-corrected chi connectivity index (χ2v) is 6.08. The third kappa shape index (κ3) is 3.94. The number of carbonyl (C=O) groups excluding carboxylic acids is 1. The van der Waals surface area contributed by atoms with E-state index in [9.17, 15) is 9.90 Å². The molecule has 2 heterocycles. The molecule has 2 atom stereocenters. The van der Waals surface area contributed by atoms with Crippen molar-refractivity contribution in [3.63, 3.8) is 0 Å². The highest BCUT2D eigenvalue weighted by atomic mass is 32.2. The molecule has 1 saturated heterocycles. The van der Waals surface area contributed by atoms with Crippen molar-refractivity contribution in [1.82, 2.24) is 20.8 Å². The van der Waals surface area contributed by atoms with Crippen LogP contribution >= 0.6 is 11.8 Å². The number of aliphatic hydroxyl groups is 1. The zero-order valence-electron chi connectivity index (χ0n) is 11.7. The SMILES string of the molecule is CSCC(C)(O)CNC(=O)c1noc(C2CCCN2)n1. The Morgan fingerprint density at radius 2 is 2.50 bits per heavy atom. The van der Waals surface area contributed by atoms with Crippen LogP contribution in [0.3, 0.4) is 0 Å². The fraction of sp³-hybridized carbons (Fsp3) is 0.750. The average Bonchev–Trinajstić information content (AvgIpc) is 3.06. The second kappa shape index (κ2) is 6.55. The molecule has 1 fully saturated rings. The molecule has 112 valence electrons. The summed E-state index contributed by atoms with van der Waals surface area (Å²) < 4.78 is 5.10. The summed E-state index contributed by atoms with van der Waals surface area (Å²) in [6, 6.07) is 0.0450. The van der Waals surface area contributed by atoms with Crippen molar-refractivity contribution in [3.8, 4) is 0 Å². The largest absolute Gasteiger partial charge is 0.387 e. The summed E-state index contributed by atoms with van der Waals surface area (Å²) in [6.45, 7) is 2.75. The van der Waals surface area contributed by atoms with Gasteiger partial charge in [0.05, 0.1) is 11.6 Å². The fourth-order valence-corrected chi connectivity index (χ4v) is 2.80. The summed E-state index contributed by atoms with van der Waals surface area (Å²) in [5, 5.41) is 19.5. The van der Waals surface area contributed by atoms with E-state index in [1.54, 1.807) is 6.92 Å². The lowest BCUT2D eigenvalue weighted by atomic mass is 10.1. The van der Waals surface area contributed by atoms with Gasteiger partial charge in [0.1, 0.15) is 0 Å². The Morgan fingerprint density at radius 1 is 1.70 bits per heavy atom. The molecule has 1 aliphatic heterocycles. The summed E-state index contributed by atoms with van der Waals surface area (Å²) in [6.07, 6.45) is 3.90. The molecule has 0 bridgehead atoms.